The van der Waals surface area contributed by atoms with Crippen LogP contribution in [0.2, 0.25) is 0 Å². The molecule has 1 N–H and O–H groups in total. The van der Waals surface area contributed by atoms with E-state index < -0.39 is 0 Å². The van der Waals surface area contributed by atoms with Crippen LogP contribution in [0.15, 0.2) is 0 Å². The third-order valence-electron chi connectivity index (χ3n) is 6.25. The van der Waals surface area contributed by atoms with Crippen LogP contribution in [0.1, 0.15) is 67.7 Å². The highest BCUT2D eigenvalue weighted by Crippen LogP contribution is 2.36. The Hall–Kier alpha value is -0.0800. The summed E-state index contributed by atoms with van der Waals surface area (Å²) in [5, 5.41) is 3.84. The Morgan fingerprint density at radius 3 is 2.24 bits per heavy atom. The van der Waals surface area contributed by atoms with Crippen LogP contribution in [0.25, 0.3) is 0 Å². The second kappa shape index (κ2) is 6.58. The lowest BCUT2D eigenvalue weighted by Gasteiger charge is -2.51. The summed E-state index contributed by atoms with van der Waals surface area (Å²) in [7, 11) is 0. The first-order valence-corrected chi connectivity index (χ1v) is 9.19. The van der Waals surface area contributed by atoms with Gasteiger partial charge in [0, 0.05) is 31.2 Å². The van der Waals surface area contributed by atoms with E-state index in [-0.39, 0.29) is 0 Å². The van der Waals surface area contributed by atoms with Crippen molar-refractivity contribution >= 4 is 0 Å². The van der Waals surface area contributed by atoms with E-state index >= 15 is 0 Å². The Labute approximate surface area is 133 Å². The quantitative estimate of drug-likeness (QED) is 0.823. The number of nitrogens with one attached hydrogen (secondary N) is 1. The van der Waals surface area contributed by atoms with Gasteiger partial charge >= 0.3 is 0 Å². The minimum Gasteiger partial charge on any atom is -0.311 e. The van der Waals surface area contributed by atoms with Crippen molar-refractivity contribution in [3.05, 3.63) is 0 Å². The second-order valence-electron chi connectivity index (χ2n) is 9.26. The predicted octanol–water partition coefficient (Wildman–Crippen LogP) is 4.16. The van der Waals surface area contributed by atoms with Gasteiger partial charge in [-0.15, -0.1) is 0 Å². The molecule has 2 fully saturated rings. The Bertz CT molecular complexity index is 331. The molecule has 0 bridgehead atoms. The molecule has 1 heterocycles. The molecule has 5 unspecified atom stereocenters. The van der Waals surface area contributed by atoms with Crippen molar-refractivity contribution in [2.45, 2.75) is 85.9 Å². The maximum absolute atomic E-state index is 3.84. The largest absolute Gasteiger partial charge is 0.311 e. The lowest BCUT2D eigenvalue weighted by Crippen LogP contribution is -2.64. The van der Waals surface area contributed by atoms with Crippen LogP contribution in [0.3, 0.4) is 0 Å². The first-order chi connectivity index (χ1) is 9.70. The third kappa shape index (κ3) is 4.01. The van der Waals surface area contributed by atoms with Gasteiger partial charge in [-0.3, -0.25) is 4.90 Å². The highest BCUT2D eigenvalue weighted by atomic mass is 15.3. The van der Waals surface area contributed by atoms with Gasteiger partial charge < -0.3 is 5.32 Å². The van der Waals surface area contributed by atoms with Crippen LogP contribution in [-0.4, -0.2) is 36.1 Å². The molecule has 0 amide bonds. The number of rotatable bonds is 2. The molecule has 2 rings (SSSR count). The van der Waals surface area contributed by atoms with Crippen molar-refractivity contribution in [2.75, 3.05) is 13.1 Å². The molecule has 2 heteroatoms. The highest BCUT2D eigenvalue weighted by Gasteiger charge is 2.40. The molecule has 0 aromatic rings. The first-order valence-electron chi connectivity index (χ1n) is 9.19. The lowest BCUT2D eigenvalue weighted by atomic mass is 9.76. The summed E-state index contributed by atoms with van der Waals surface area (Å²) in [5.41, 5.74) is 0.355. The minimum absolute atomic E-state index is 0.355. The number of nitrogens with zero attached hydrogens (tertiary/aromatic N) is 1. The lowest BCUT2D eigenvalue weighted by molar-refractivity contribution is 0.00216. The maximum Gasteiger partial charge on any atom is 0.0247 e. The molecule has 0 radical (unpaired) electrons. The van der Waals surface area contributed by atoms with Gasteiger partial charge in [0.2, 0.25) is 0 Å². The fourth-order valence-corrected chi connectivity index (χ4v) is 4.23. The molecule has 1 saturated carbocycles. The van der Waals surface area contributed by atoms with Gasteiger partial charge in [0.1, 0.15) is 0 Å². The Morgan fingerprint density at radius 2 is 1.71 bits per heavy atom. The summed E-state index contributed by atoms with van der Waals surface area (Å²) in [6.07, 6.45) is 4.23. The van der Waals surface area contributed by atoms with E-state index in [1.54, 1.807) is 0 Å². The van der Waals surface area contributed by atoms with Gasteiger partial charge in [0.25, 0.3) is 0 Å². The molecule has 0 aromatic carbocycles. The zero-order valence-corrected chi connectivity index (χ0v) is 15.4. The molecule has 0 spiro atoms. The molecule has 5 atom stereocenters. The monoisotopic (exact) mass is 294 g/mol. The summed E-state index contributed by atoms with van der Waals surface area (Å²) in [6.45, 7) is 19.2. The first kappa shape index (κ1) is 17.3. The summed E-state index contributed by atoms with van der Waals surface area (Å²) >= 11 is 0. The third-order valence-corrected chi connectivity index (χ3v) is 6.25. The normalized spacial score (nSPS) is 39.7. The molecule has 0 aromatic heterocycles. The van der Waals surface area contributed by atoms with E-state index in [2.05, 4.69) is 58.7 Å². The molecule has 21 heavy (non-hydrogen) atoms. The van der Waals surface area contributed by atoms with Crippen molar-refractivity contribution in [2.24, 2.45) is 23.2 Å². The van der Waals surface area contributed by atoms with Crippen LogP contribution in [-0.2, 0) is 0 Å². The van der Waals surface area contributed by atoms with Gasteiger partial charge in [-0.2, -0.15) is 0 Å². The predicted molar refractivity (Wildman–Crippen MR) is 92.5 cm³/mol. The van der Waals surface area contributed by atoms with Gasteiger partial charge in [-0.05, 0) is 42.4 Å². The van der Waals surface area contributed by atoms with Crippen LogP contribution in [0, 0.1) is 23.2 Å². The van der Waals surface area contributed by atoms with E-state index in [1.807, 2.05) is 0 Å². The van der Waals surface area contributed by atoms with Gasteiger partial charge in [0.05, 0.1) is 0 Å². The van der Waals surface area contributed by atoms with Crippen molar-refractivity contribution in [3.63, 3.8) is 0 Å². The second-order valence-corrected chi connectivity index (χ2v) is 9.26. The maximum atomic E-state index is 3.84. The average Bonchev–Trinajstić information content (AvgIpc) is 2.40. The van der Waals surface area contributed by atoms with E-state index in [4.69, 9.17) is 0 Å². The highest BCUT2D eigenvalue weighted by molar-refractivity contribution is 4.96. The molecule has 1 aliphatic heterocycles. The van der Waals surface area contributed by atoms with Crippen molar-refractivity contribution in [1.82, 2.24) is 10.2 Å². The standard InChI is InChI=1S/C19H38N2/c1-13(2)17-11-20-18(19(5,6)7)12-21(17)16-9-8-14(3)15(4)10-16/h13-18,20H,8-12H2,1-7H3. The van der Waals surface area contributed by atoms with Crippen LogP contribution in [0.5, 0.6) is 0 Å². The molecule has 2 nitrogen and oxygen atoms in total. The molecular weight excluding hydrogens is 256 g/mol. The van der Waals surface area contributed by atoms with Crippen molar-refractivity contribution < 1.29 is 0 Å². The van der Waals surface area contributed by atoms with E-state index in [9.17, 15) is 0 Å². The van der Waals surface area contributed by atoms with Crippen LogP contribution < -0.4 is 5.32 Å². The SMILES string of the molecule is CC(C)C1CNC(C(C)(C)C)CN1C1CCC(C)C(C)C1. The fourth-order valence-electron chi connectivity index (χ4n) is 4.23. The van der Waals surface area contributed by atoms with E-state index in [0.29, 0.717) is 17.5 Å². The zero-order valence-electron chi connectivity index (χ0n) is 15.4. The summed E-state index contributed by atoms with van der Waals surface area (Å²) in [6, 6.07) is 2.16. The van der Waals surface area contributed by atoms with Crippen LogP contribution in [0.4, 0.5) is 0 Å². The Morgan fingerprint density at radius 1 is 1.05 bits per heavy atom. The van der Waals surface area contributed by atoms with Gasteiger partial charge in [-0.1, -0.05) is 48.5 Å². The summed E-state index contributed by atoms with van der Waals surface area (Å²) < 4.78 is 0. The molecule has 1 aliphatic carbocycles. The summed E-state index contributed by atoms with van der Waals surface area (Å²) in [4.78, 5) is 2.89. The summed E-state index contributed by atoms with van der Waals surface area (Å²) in [5.74, 6) is 2.55. The van der Waals surface area contributed by atoms with Crippen molar-refractivity contribution in [3.8, 4) is 0 Å². The Balaban J connectivity index is 2.11. The van der Waals surface area contributed by atoms with Gasteiger partial charge in [-0.25, -0.2) is 0 Å². The number of hydrogen-bond acceptors (Lipinski definition) is 2. The zero-order chi connectivity index (χ0) is 15.8. The fraction of sp³-hybridized carbons (Fsp3) is 1.00. The average molecular weight is 295 g/mol. The van der Waals surface area contributed by atoms with Crippen LogP contribution >= 0.6 is 0 Å². The van der Waals surface area contributed by atoms with Gasteiger partial charge in [0.15, 0.2) is 0 Å². The minimum atomic E-state index is 0.355. The Kier molecular flexibility index (Phi) is 5.41. The molecule has 124 valence electrons. The van der Waals surface area contributed by atoms with E-state index in [1.165, 1.54) is 32.4 Å². The molecule has 2 aliphatic rings. The number of piperazine rings is 1. The van der Waals surface area contributed by atoms with E-state index in [0.717, 1.165) is 23.8 Å². The smallest absolute Gasteiger partial charge is 0.0247 e. The number of hydrogen-bond donors (Lipinski definition) is 1. The topological polar surface area (TPSA) is 15.3 Å². The van der Waals surface area contributed by atoms with Crippen molar-refractivity contribution in [1.29, 1.82) is 0 Å². The molecular formula is C19H38N2. The molecule has 1 saturated heterocycles.